The van der Waals surface area contributed by atoms with Gasteiger partial charge in [-0.1, -0.05) is 18.2 Å². The molecule has 11 heteroatoms. The lowest BCUT2D eigenvalue weighted by atomic mass is 9.78. The Hall–Kier alpha value is -3.08. The van der Waals surface area contributed by atoms with E-state index in [1.54, 1.807) is 0 Å². The molecule has 0 bridgehead atoms. The van der Waals surface area contributed by atoms with Gasteiger partial charge in [0.1, 0.15) is 17.5 Å². The Morgan fingerprint density at radius 2 is 1.89 bits per heavy atom. The van der Waals surface area contributed by atoms with Crippen LogP contribution in [0, 0.1) is 29.3 Å². The predicted molar refractivity (Wildman–Crippen MR) is 110 cm³/mol. The molecule has 2 aliphatic rings. The van der Waals surface area contributed by atoms with E-state index >= 15 is 4.39 Å². The third-order valence-electron chi connectivity index (χ3n) is 6.51. The van der Waals surface area contributed by atoms with Gasteiger partial charge in [0.05, 0.1) is 18.1 Å². The molecule has 1 heterocycles. The van der Waals surface area contributed by atoms with Crippen LogP contribution in [0.5, 0.6) is 0 Å². The van der Waals surface area contributed by atoms with E-state index in [1.165, 1.54) is 18.2 Å². The summed E-state index contributed by atoms with van der Waals surface area (Å²) in [6, 6.07) is 6.74. The Morgan fingerprint density at radius 3 is 2.54 bits per heavy atom. The maximum absolute atomic E-state index is 15.5. The van der Waals surface area contributed by atoms with Gasteiger partial charge in [-0.25, -0.2) is 26.3 Å². The van der Waals surface area contributed by atoms with Crippen LogP contribution in [-0.2, 0) is 25.5 Å². The van der Waals surface area contributed by atoms with Gasteiger partial charge in [-0.05, 0) is 42.5 Å². The van der Waals surface area contributed by atoms with Crippen LogP contribution >= 0.6 is 0 Å². The van der Waals surface area contributed by atoms with Crippen molar-refractivity contribution in [1.29, 1.82) is 0 Å². The molecule has 35 heavy (non-hydrogen) atoms. The molecular formula is C24H21F6NO4. The van der Waals surface area contributed by atoms with Gasteiger partial charge in [-0.15, -0.1) is 0 Å². The van der Waals surface area contributed by atoms with Crippen molar-refractivity contribution in [2.75, 3.05) is 13.2 Å². The molecule has 2 fully saturated rings. The van der Waals surface area contributed by atoms with Crippen LogP contribution in [0.1, 0.15) is 18.4 Å². The molecule has 188 valence electrons. The first-order valence-corrected chi connectivity index (χ1v) is 10.9. The summed E-state index contributed by atoms with van der Waals surface area (Å²) >= 11 is 0. The molecule has 1 spiro atoms. The Morgan fingerprint density at radius 1 is 1.17 bits per heavy atom. The Labute approximate surface area is 196 Å². The van der Waals surface area contributed by atoms with Gasteiger partial charge in [0.25, 0.3) is 18.7 Å². The fourth-order valence-corrected chi connectivity index (χ4v) is 4.93. The number of esters is 1. The highest BCUT2D eigenvalue weighted by Crippen LogP contribution is 2.45. The van der Waals surface area contributed by atoms with Gasteiger partial charge in [0.2, 0.25) is 0 Å². The molecule has 2 aromatic carbocycles. The topological polar surface area (TPSA) is 64.6 Å². The summed E-state index contributed by atoms with van der Waals surface area (Å²) in [5.74, 6) is -6.53. The molecule has 1 aliphatic carbocycles. The molecule has 5 nitrogen and oxygen atoms in total. The van der Waals surface area contributed by atoms with Crippen LogP contribution in [0.25, 0.3) is 11.1 Å². The zero-order valence-electron chi connectivity index (χ0n) is 18.2. The Kier molecular flexibility index (Phi) is 7.07. The Bertz CT molecular complexity index is 1110. The molecule has 2 aromatic rings. The zero-order chi connectivity index (χ0) is 25.3. The highest BCUT2D eigenvalue weighted by molar-refractivity contribution is 5.81. The van der Waals surface area contributed by atoms with Gasteiger partial charge in [-0.2, -0.15) is 0 Å². The summed E-state index contributed by atoms with van der Waals surface area (Å²) in [6.07, 6.45) is -5.05. The molecule has 1 N–H and O–H groups in total. The quantitative estimate of drug-likeness (QED) is 0.473. The number of halogens is 6. The molecule has 4 atom stereocenters. The standard InChI is InChI=1S/C24H21F6NO4/c25-14-6-13(7-15(26)9-14)16-3-1-2-12(20(16)29)8-18-17(23(33)34-10-19(27)28)4-5-24(18)11-35-21(30)22(32)31-24/h1-3,6-7,9,17-19,21H,4-5,8,10-11H2,(H,31,32)/t17?,18-,21?,24-/m0/s1. The van der Waals surface area contributed by atoms with Crippen molar-refractivity contribution in [2.24, 2.45) is 11.8 Å². The number of alkyl halides is 3. The molecule has 1 saturated heterocycles. The van der Waals surface area contributed by atoms with E-state index in [9.17, 15) is 31.5 Å². The van der Waals surface area contributed by atoms with Gasteiger partial charge < -0.3 is 14.8 Å². The average Bonchev–Trinajstić information content (AvgIpc) is 3.13. The van der Waals surface area contributed by atoms with Crippen molar-refractivity contribution in [2.45, 2.75) is 37.6 Å². The SMILES string of the molecule is O=C1N[C@@]2(CCC(C(=O)OCC(F)F)[C@@H]2Cc2cccc(-c3cc(F)cc(F)c3)c2F)COC1F. The molecule has 0 radical (unpaired) electrons. The van der Waals surface area contributed by atoms with Crippen molar-refractivity contribution in [3.8, 4) is 11.1 Å². The number of ether oxygens (including phenoxy) is 2. The van der Waals surface area contributed by atoms with Crippen LogP contribution in [0.3, 0.4) is 0 Å². The molecule has 1 saturated carbocycles. The first-order valence-electron chi connectivity index (χ1n) is 10.9. The summed E-state index contributed by atoms with van der Waals surface area (Å²) in [5.41, 5.74) is -1.37. The second kappa shape index (κ2) is 9.88. The van der Waals surface area contributed by atoms with Gasteiger partial charge in [0, 0.05) is 17.5 Å². The molecule has 1 aliphatic heterocycles. The molecule has 2 unspecified atom stereocenters. The highest BCUT2D eigenvalue weighted by Gasteiger charge is 2.55. The fraction of sp³-hybridized carbons (Fsp3) is 0.417. The molecular weight excluding hydrogens is 480 g/mol. The van der Waals surface area contributed by atoms with Crippen LogP contribution in [0.2, 0.25) is 0 Å². The lowest BCUT2D eigenvalue weighted by Gasteiger charge is -2.41. The first kappa shape index (κ1) is 25.0. The summed E-state index contributed by atoms with van der Waals surface area (Å²) in [4.78, 5) is 24.7. The van der Waals surface area contributed by atoms with Crippen LogP contribution in [0.4, 0.5) is 26.3 Å². The number of nitrogens with one attached hydrogen (secondary N) is 1. The average molecular weight is 501 g/mol. The molecule has 0 aromatic heterocycles. The first-order chi connectivity index (χ1) is 16.6. The number of hydrogen-bond donors (Lipinski definition) is 1. The summed E-state index contributed by atoms with van der Waals surface area (Å²) in [7, 11) is 0. The number of amides is 1. The fourth-order valence-electron chi connectivity index (χ4n) is 4.93. The van der Waals surface area contributed by atoms with E-state index < -0.39 is 66.1 Å². The van der Waals surface area contributed by atoms with E-state index in [-0.39, 0.29) is 42.6 Å². The second-order valence-electron chi connectivity index (χ2n) is 8.69. The van der Waals surface area contributed by atoms with Crippen molar-refractivity contribution in [1.82, 2.24) is 5.32 Å². The predicted octanol–water partition coefficient (Wildman–Crippen LogP) is 4.33. The van der Waals surface area contributed by atoms with Crippen molar-refractivity contribution in [3.63, 3.8) is 0 Å². The second-order valence-corrected chi connectivity index (χ2v) is 8.69. The minimum atomic E-state index is -2.89. The minimum Gasteiger partial charge on any atom is -0.459 e. The largest absolute Gasteiger partial charge is 0.459 e. The smallest absolute Gasteiger partial charge is 0.309 e. The Balaban J connectivity index is 1.68. The van der Waals surface area contributed by atoms with E-state index in [4.69, 9.17) is 9.47 Å². The van der Waals surface area contributed by atoms with E-state index in [2.05, 4.69) is 5.32 Å². The maximum Gasteiger partial charge on any atom is 0.309 e. The van der Waals surface area contributed by atoms with Crippen LogP contribution < -0.4 is 5.32 Å². The normalized spacial score (nSPS) is 26.3. The van der Waals surface area contributed by atoms with Gasteiger partial charge in [0.15, 0.2) is 6.61 Å². The lowest BCUT2D eigenvalue weighted by molar-refractivity contribution is -0.167. The maximum atomic E-state index is 15.5. The molecule has 4 rings (SSSR count). The highest BCUT2D eigenvalue weighted by atomic mass is 19.3. The van der Waals surface area contributed by atoms with Gasteiger partial charge >= 0.3 is 5.97 Å². The van der Waals surface area contributed by atoms with Gasteiger partial charge in [-0.3, -0.25) is 9.59 Å². The third kappa shape index (κ3) is 5.14. The van der Waals surface area contributed by atoms with E-state index in [0.717, 1.165) is 12.1 Å². The lowest BCUT2D eigenvalue weighted by Crippen LogP contribution is -2.62. The van der Waals surface area contributed by atoms with Crippen LogP contribution in [0.15, 0.2) is 36.4 Å². The number of hydrogen-bond acceptors (Lipinski definition) is 4. The summed E-state index contributed by atoms with van der Waals surface area (Å²) in [6.45, 7) is -1.45. The summed E-state index contributed by atoms with van der Waals surface area (Å²) in [5, 5.41) is 2.53. The number of carbonyl (C=O) groups excluding carboxylic acids is 2. The monoisotopic (exact) mass is 501 g/mol. The minimum absolute atomic E-state index is 0.0433. The third-order valence-corrected chi connectivity index (χ3v) is 6.51. The van der Waals surface area contributed by atoms with E-state index in [1.807, 2.05) is 0 Å². The zero-order valence-corrected chi connectivity index (χ0v) is 18.2. The number of benzene rings is 2. The number of morpholine rings is 1. The van der Waals surface area contributed by atoms with Crippen molar-refractivity contribution >= 4 is 11.9 Å². The van der Waals surface area contributed by atoms with Crippen molar-refractivity contribution in [3.05, 3.63) is 59.4 Å². The molecule has 1 amide bonds. The van der Waals surface area contributed by atoms with E-state index in [0.29, 0.717) is 6.07 Å². The number of rotatable bonds is 6. The van der Waals surface area contributed by atoms with Crippen LogP contribution in [-0.4, -0.2) is 43.4 Å². The summed E-state index contributed by atoms with van der Waals surface area (Å²) < 4.78 is 91.4. The van der Waals surface area contributed by atoms with Crippen molar-refractivity contribution < 1.29 is 45.4 Å². The number of carbonyl (C=O) groups is 2.